The molecule has 1 fully saturated rings. The molecule has 2 aromatic heterocycles. The molecule has 1 amide bonds. The van der Waals surface area contributed by atoms with Crippen LogP contribution in [-0.2, 0) is 22.4 Å². The highest BCUT2D eigenvalue weighted by atomic mass is 32.1. The molecule has 5 rings (SSSR count). The molecule has 1 aromatic carbocycles. The van der Waals surface area contributed by atoms with Gasteiger partial charge in [-0.3, -0.25) is 4.79 Å². The predicted molar refractivity (Wildman–Crippen MR) is 125 cm³/mol. The van der Waals surface area contributed by atoms with Crippen LogP contribution in [0.5, 0.6) is 0 Å². The van der Waals surface area contributed by atoms with Gasteiger partial charge in [0.15, 0.2) is 0 Å². The van der Waals surface area contributed by atoms with Gasteiger partial charge in [0.25, 0.3) is 0 Å². The maximum absolute atomic E-state index is 10.0. The second-order valence-corrected chi connectivity index (χ2v) is 8.56. The van der Waals surface area contributed by atoms with Crippen molar-refractivity contribution in [2.24, 2.45) is 0 Å². The molecule has 3 aromatic rings. The monoisotopic (exact) mass is 438 g/mol. The Hall–Kier alpha value is -3.04. The van der Waals surface area contributed by atoms with Crippen LogP contribution in [0.4, 0.5) is 17.2 Å². The predicted octanol–water partition coefficient (Wildman–Crippen LogP) is 3.37. The molecular weight excluding hydrogens is 412 g/mol. The number of rotatable bonds is 4. The van der Waals surface area contributed by atoms with E-state index >= 15 is 0 Å². The molecule has 1 aliphatic heterocycles. The molecule has 9 heteroatoms. The van der Waals surface area contributed by atoms with Crippen molar-refractivity contribution in [3.8, 4) is 0 Å². The number of anilines is 3. The zero-order chi connectivity index (χ0) is 21.6. The third-order valence-electron chi connectivity index (χ3n) is 5.45. The lowest BCUT2D eigenvalue weighted by molar-refractivity contribution is -0.121. The first kappa shape index (κ1) is 21.2. The van der Waals surface area contributed by atoms with Crippen molar-refractivity contribution in [3.63, 3.8) is 0 Å². The molecule has 2 aliphatic rings. The van der Waals surface area contributed by atoms with Crippen LogP contribution < -0.4 is 11.1 Å². The number of morpholine rings is 1. The molecular formula is C22H26N6O2S. The third-order valence-corrected chi connectivity index (χ3v) is 6.65. The first-order valence-electron chi connectivity index (χ1n) is 10.4. The Balaban J connectivity index is 0.000000245. The normalized spacial score (nSPS) is 15.5. The number of nitrogens with one attached hydrogen (secondary N) is 2. The maximum atomic E-state index is 10.0. The summed E-state index contributed by atoms with van der Waals surface area (Å²) in [5.41, 5.74) is 9.45. The van der Waals surface area contributed by atoms with Crippen molar-refractivity contribution in [1.82, 2.24) is 14.9 Å². The highest BCUT2D eigenvalue weighted by molar-refractivity contribution is 7.19. The Labute approximate surface area is 185 Å². The Kier molecular flexibility index (Phi) is 6.73. The lowest BCUT2D eigenvalue weighted by Gasteiger charge is -2.21. The average molecular weight is 439 g/mol. The van der Waals surface area contributed by atoms with Gasteiger partial charge in [0.05, 0.1) is 18.6 Å². The van der Waals surface area contributed by atoms with Gasteiger partial charge in [0, 0.05) is 41.1 Å². The number of thiophene rings is 1. The molecule has 3 heterocycles. The number of benzene rings is 1. The van der Waals surface area contributed by atoms with Gasteiger partial charge in [0.2, 0.25) is 6.41 Å². The van der Waals surface area contributed by atoms with Gasteiger partial charge in [-0.15, -0.1) is 11.3 Å². The quantitative estimate of drug-likeness (QED) is 0.327. The second-order valence-electron chi connectivity index (χ2n) is 7.48. The van der Waals surface area contributed by atoms with Crippen LogP contribution in [0, 0.1) is 5.41 Å². The van der Waals surface area contributed by atoms with Crippen molar-refractivity contribution in [2.75, 3.05) is 37.4 Å². The summed E-state index contributed by atoms with van der Waals surface area (Å²) in [5.74, 6) is 0.843. The molecule has 8 nitrogen and oxygen atoms in total. The molecule has 0 atom stereocenters. The smallest absolute Gasteiger partial charge is 0.209 e. The maximum Gasteiger partial charge on any atom is 0.209 e. The van der Waals surface area contributed by atoms with Gasteiger partial charge in [-0.05, 0) is 49.4 Å². The number of nitrogen functional groups attached to an aromatic ring is 1. The molecule has 1 aliphatic carbocycles. The van der Waals surface area contributed by atoms with E-state index in [-0.39, 0.29) is 0 Å². The van der Waals surface area contributed by atoms with E-state index in [9.17, 15) is 4.79 Å². The Morgan fingerprint density at radius 2 is 2.00 bits per heavy atom. The van der Waals surface area contributed by atoms with Crippen LogP contribution in [0.3, 0.4) is 0 Å². The first-order valence-corrected chi connectivity index (χ1v) is 11.2. The van der Waals surface area contributed by atoms with Gasteiger partial charge in [-0.2, -0.15) is 0 Å². The van der Waals surface area contributed by atoms with E-state index in [2.05, 4.69) is 15.3 Å². The van der Waals surface area contributed by atoms with Crippen LogP contribution in [-0.4, -0.2) is 53.8 Å². The standard InChI is InChI=1S/C17H17N5S.C5H9NO2/c18-8-10-7-11(5-6-13(10)19)22-16-15-12-3-1-2-4-14(12)23-17(15)21-9-20-16;7-5-6-1-3-8-4-2-6/h5-9,18H,1-4,19H2,(H,20,21,22);5H,1-4H2. The van der Waals surface area contributed by atoms with Crippen molar-refractivity contribution >= 4 is 51.4 Å². The molecule has 0 unspecified atom stereocenters. The SMILES string of the molecule is N=Cc1cc(Nc2ncnc3sc4c(c23)CCCC4)ccc1N.O=CN1CCOCC1. The number of aromatic nitrogens is 2. The average Bonchev–Trinajstić information content (AvgIpc) is 3.21. The van der Waals surface area contributed by atoms with Crippen LogP contribution in [0.15, 0.2) is 24.5 Å². The van der Waals surface area contributed by atoms with E-state index in [1.807, 2.05) is 18.2 Å². The number of nitrogens with zero attached hydrogens (tertiary/aromatic N) is 3. The summed E-state index contributed by atoms with van der Waals surface area (Å²) in [6, 6.07) is 5.59. The summed E-state index contributed by atoms with van der Waals surface area (Å²) in [5, 5.41) is 12.0. The summed E-state index contributed by atoms with van der Waals surface area (Å²) in [7, 11) is 0. The number of carbonyl (C=O) groups excluding carboxylic acids is 1. The fraction of sp³-hybridized carbons (Fsp3) is 0.364. The van der Waals surface area contributed by atoms with Crippen molar-refractivity contribution in [1.29, 1.82) is 5.41 Å². The lowest BCUT2D eigenvalue weighted by Crippen LogP contribution is -2.34. The zero-order valence-electron chi connectivity index (χ0n) is 17.3. The summed E-state index contributed by atoms with van der Waals surface area (Å²) < 4.78 is 5.00. The van der Waals surface area contributed by atoms with Gasteiger partial charge in [0.1, 0.15) is 17.0 Å². The first-order chi connectivity index (χ1) is 15.2. The number of hydrogen-bond donors (Lipinski definition) is 3. The van der Waals surface area contributed by atoms with Gasteiger partial charge in [-0.25, -0.2) is 9.97 Å². The van der Waals surface area contributed by atoms with Crippen LogP contribution in [0.2, 0.25) is 0 Å². The van der Waals surface area contributed by atoms with Gasteiger partial charge in [-0.1, -0.05) is 0 Å². The minimum absolute atomic E-state index is 0.603. The molecule has 0 bridgehead atoms. The zero-order valence-corrected chi connectivity index (χ0v) is 18.1. The minimum atomic E-state index is 0.603. The molecule has 4 N–H and O–H groups in total. The summed E-state index contributed by atoms with van der Waals surface area (Å²) in [4.78, 5) is 23.2. The summed E-state index contributed by atoms with van der Waals surface area (Å²) in [6.45, 7) is 2.89. The van der Waals surface area contributed by atoms with Crippen LogP contribution in [0.25, 0.3) is 10.2 Å². The molecule has 0 saturated carbocycles. The van der Waals surface area contributed by atoms with Crippen molar-refractivity contribution in [3.05, 3.63) is 40.5 Å². The van der Waals surface area contributed by atoms with E-state index in [4.69, 9.17) is 15.9 Å². The highest BCUT2D eigenvalue weighted by Gasteiger charge is 2.20. The van der Waals surface area contributed by atoms with E-state index in [0.29, 0.717) is 24.5 Å². The number of fused-ring (bicyclic) bond motifs is 3. The van der Waals surface area contributed by atoms with Crippen molar-refractivity contribution in [2.45, 2.75) is 25.7 Å². The Bertz CT molecular complexity index is 1080. The number of aryl methyl sites for hydroxylation is 2. The number of hydrogen-bond acceptors (Lipinski definition) is 8. The van der Waals surface area contributed by atoms with E-state index < -0.39 is 0 Å². The van der Waals surface area contributed by atoms with E-state index in [1.165, 1.54) is 29.5 Å². The van der Waals surface area contributed by atoms with Crippen molar-refractivity contribution < 1.29 is 9.53 Å². The minimum Gasteiger partial charge on any atom is -0.398 e. The number of nitrogens with two attached hydrogens (primary N) is 1. The summed E-state index contributed by atoms with van der Waals surface area (Å²) in [6.07, 6.45) is 8.48. The number of carbonyl (C=O) groups is 1. The van der Waals surface area contributed by atoms with Crippen LogP contribution in [0.1, 0.15) is 28.8 Å². The summed E-state index contributed by atoms with van der Waals surface area (Å²) >= 11 is 1.79. The molecule has 1 saturated heterocycles. The third kappa shape index (κ3) is 4.83. The molecule has 162 valence electrons. The Morgan fingerprint density at radius 1 is 1.19 bits per heavy atom. The number of amides is 1. The Morgan fingerprint density at radius 3 is 2.74 bits per heavy atom. The lowest BCUT2D eigenvalue weighted by atomic mass is 9.97. The highest BCUT2D eigenvalue weighted by Crippen LogP contribution is 2.38. The number of ether oxygens (including phenoxy) is 1. The largest absolute Gasteiger partial charge is 0.398 e. The molecule has 0 radical (unpaired) electrons. The fourth-order valence-electron chi connectivity index (χ4n) is 3.78. The fourth-order valence-corrected chi connectivity index (χ4v) is 5.01. The van der Waals surface area contributed by atoms with Gasteiger partial charge >= 0.3 is 0 Å². The van der Waals surface area contributed by atoms with Crippen LogP contribution >= 0.6 is 11.3 Å². The van der Waals surface area contributed by atoms with Gasteiger partial charge < -0.3 is 26.1 Å². The van der Waals surface area contributed by atoms with E-state index in [0.717, 1.165) is 54.1 Å². The van der Waals surface area contributed by atoms with E-state index in [1.54, 1.807) is 22.6 Å². The topological polar surface area (TPSA) is 117 Å². The molecule has 0 spiro atoms. The molecule has 31 heavy (non-hydrogen) atoms. The second kappa shape index (κ2) is 9.84.